The van der Waals surface area contributed by atoms with E-state index in [-0.39, 0.29) is 16.5 Å². The normalized spacial score (nSPS) is 17.1. The van der Waals surface area contributed by atoms with E-state index >= 15 is 0 Å². The van der Waals surface area contributed by atoms with E-state index in [0.717, 1.165) is 4.90 Å². The zero-order chi connectivity index (χ0) is 26.0. The van der Waals surface area contributed by atoms with Crippen LogP contribution in [0.1, 0.15) is 12.5 Å². The van der Waals surface area contributed by atoms with Gasteiger partial charge in [0, 0.05) is 0 Å². The van der Waals surface area contributed by atoms with Crippen LogP contribution in [0.5, 0.6) is 5.75 Å². The third-order valence-corrected chi connectivity index (χ3v) is 5.79. The summed E-state index contributed by atoms with van der Waals surface area (Å²) in [5.41, 5.74) is -1.93. The molecule has 1 atom stereocenters. The monoisotopic (exact) mass is 494 g/mol. The van der Waals surface area contributed by atoms with Gasteiger partial charge in [0.25, 0.3) is 17.0 Å². The molecule has 5 amide bonds. The first kappa shape index (κ1) is 24.2. The van der Waals surface area contributed by atoms with Crippen LogP contribution in [0.4, 0.5) is 10.5 Å². The van der Waals surface area contributed by atoms with Gasteiger partial charge in [-0.2, -0.15) is 0 Å². The Balaban J connectivity index is 1.39. The van der Waals surface area contributed by atoms with E-state index < -0.39 is 53.5 Å². The van der Waals surface area contributed by atoms with Gasteiger partial charge in [0.2, 0.25) is 11.8 Å². The van der Waals surface area contributed by atoms with Crippen LogP contribution in [-0.2, 0) is 19.9 Å². The molecular weight excluding hydrogens is 472 g/mol. The van der Waals surface area contributed by atoms with Crippen molar-refractivity contribution in [2.75, 3.05) is 25.5 Å². The Morgan fingerprint density at radius 2 is 1.67 bits per heavy atom. The highest BCUT2D eigenvalue weighted by atomic mass is 16.5. The van der Waals surface area contributed by atoms with Crippen LogP contribution in [0.15, 0.2) is 52.1 Å². The van der Waals surface area contributed by atoms with Crippen LogP contribution in [-0.4, -0.2) is 59.0 Å². The minimum atomic E-state index is -1.37. The van der Waals surface area contributed by atoms with Gasteiger partial charge in [-0.3, -0.25) is 39.1 Å². The summed E-state index contributed by atoms with van der Waals surface area (Å²) in [6, 6.07) is 10.2. The summed E-state index contributed by atoms with van der Waals surface area (Å²) >= 11 is 0. The molecule has 0 aliphatic carbocycles. The highest BCUT2D eigenvalue weighted by Gasteiger charge is 2.49. The Kier molecular flexibility index (Phi) is 6.29. The molecule has 36 heavy (non-hydrogen) atoms. The smallest absolute Gasteiger partial charge is 0.325 e. The standard InChI is InChI=1S/C23H22N6O7/c1-23(12-6-8-13(36-2)9-7-12)21(34)29(22(35)26-23)11-17(31)24-10-16(30)25-15-5-3-4-14-18(15)20(33)28-27-19(14)32/h3-9H,10-11H2,1-2H3,(H,24,31)(H,25,30)(H,26,35)(H,27,32)(H,28,33). The van der Waals surface area contributed by atoms with Gasteiger partial charge in [0.15, 0.2) is 0 Å². The SMILES string of the molecule is COc1ccc(C2(C)NC(=O)N(CC(=O)NCC(=O)Nc3cccc4c(=O)[nH][nH]c(=O)c34)C2=O)cc1. The summed E-state index contributed by atoms with van der Waals surface area (Å²) < 4.78 is 5.10. The number of hydrogen-bond donors (Lipinski definition) is 5. The number of aromatic amines is 2. The molecule has 1 saturated heterocycles. The molecule has 2 heterocycles. The number of fused-ring (bicyclic) bond motifs is 1. The predicted octanol–water partition coefficient (Wildman–Crippen LogP) is -0.253. The van der Waals surface area contributed by atoms with Crippen molar-refractivity contribution in [1.82, 2.24) is 25.7 Å². The van der Waals surface area contributed by atoms with Gasteiger partial charge in [0.05, 0.1) is 30.1 Å². The van der Waals surface area contributed by atoms with E-state index in [1.807, 2.05) is 0 Å². The van der Waals surface area contributed by atoms with E-state index in [9.17, 15) is 28.8 Å². The fourth-order valence-electron chi connectivity index (χ4n) is 3.87. The summed E-state index contributed by atoms with van der Waals surface area (Å²) in [7, 11) is 1.50. The van der Waals surface area contributed by atoms with Crippen LogP contribution in [0.25, 0.3) is 10.8 Å². The number of nitrogens with one attached hydrogen (secondary N) is 5. The lowest BCUT2D eigenvalue weighted by Gasteiger charge is -2.22. The maximum absolute atomic E-state index is 13.0. The van der Waals surface area contributed by atoms with E-state index in [1.54, 1.807) is 24.3 Å². The number of methoxy groups -OCH3 is 1. The molecule has 5 N–H and O–H groups in total. The second kappa shape index (κ2) is 9.37. The number of ether oxygens (including phenoxy) is 1. The molecule has 1 aliphatic heterocycles. The van der Waals surface area contributed by atoms with E-state index in [0.29, 0.717) is 11.3 Å². The molecule has 0 saturated carbocycles. The second-order valence-electron chi connectivity index (χ2n) is 8.14. The number of urea groups is 1. The zero-order valence-electron chi connectivity index (χ0n) is 19.3. The topological polar surface area (TPSA) is 183 Å². The van der Waals surface area contributed by atoms with Gasteiger partial charge >= 0.3 is 6.03 Å². The average Bonchev–Trinajstić information content (AvgIpc) is 3.09. The third kappa shape index (κ3) is 4.41. The van der Waals surface area contributed by atoms with Crippen LogP contribution >= 0.6 is 0 Å². The first-order valence-electron chi connectivity index (χ1n) is 10.7. The highest BCUT2D eigenvalue weighted by Crippen LogP contribution is 2.29. The fraction of sp³-hybridized carbons (Fsp3) is 0.217. The lowest BCUT2D eigenvalue weighted by atomic mass is 9.92. The second-order valence-corrected chi connectivity index (χ2v) is 8.14. The Bertz CT molecular complexity index is 1490. The average molecular weight is 494 g/mol. The van der Waals surface area contributed by atoms with Gasteiger partial charge in [-0.15, -0.1) is 0 Å². The van der Waals surface area contributed by atoms with Crippen LogP contribution in [0.3, 0.4) is 0 Å². The molecule has 1 aromatic heterocycles. The predicted molar refractivity (Wildman–Crippen MR) is 127 cm³/mol. The van der Waals surface area contributed by atoms with Crippen molar-refractivity contribution in [1.29, 1.82) is 0 Å². The molecule has 1 unspecified atom stereocenters. The van der Waals surface area contributed by atoms with Crippen LogP contribution in [0.2, 0.25) is 0 Å². The Morgan fingerprint density at radius 3 is 2.36 bits per heavy atom. The van der Waals surface area contributed by atoms with Gasteiger partial charge < -0.3 is 20.7 Å². The summed E-state index contributed by atoms with van der Waals surface area (Å²) in [5.74, 6) is -1.48. The molecule has 0 bridgehead atoms. The minimum absolute atomic E-state index is 0.0157. The summed E-state index contributed by atoms with van der Waals surface area (Å²) in [5, 5.41) is 11.8. The molecule has 13 heteroatoms. The van der Waals surface area contributed by atoms with Gasteiger partial charge in [0.1, 0.15) is 17.8 Å². The van der Waals surface area contributed by atoms with Gasteiger partial charge in [-0.1, -0.05) is 18.2 Å². The number of carbonyl (C=O) groups is 4. The molecule has 13 nitrogen and oxygen atoms in total. The Hall–Kier alpha value is -4.94. The number of benzene rings is 2. The van der Waals surface area contributed by atoms with E-state index in [1.165, 1.54) is 32.2 Å². The van der Waals surface area contributed by atoms with Gasteiger partial charge in [-0.25, -0.2) is 4.79 Å². The van der Waals surface area contributed by atoms with E-state index in [4.69, 9.17) is 4.74 Å². The molecule has 186 valence electrons. The molecule has 1 aliphatic rings. The van der Waals surface area contributed by atoms with Crippen molar-refractivity contribution >= 4 is 40.2 Å². The Labute approximate surface area is 202 Å². The molecule has 1 fully saturated rings. The van der Waals surface area contributed by atoms with Crippen molar-refractivity contribution in [2.45, 2.75) is 12.5 Å². The fourth-order valence-corrected chi connectivity index (χ4v) is 3.87. The number of carbonyl (C=O) groups excluding carboxylic acids is 4. The minimum Gasteiger partial charge on any atom is -0.497 e. The molecule has 0 spiro atoms. The van der Waals surface area contributed by atoms with Crippen molar-refractivity contribution in [3.63, 3.8) is 0 Å². The number of aromatic nitrogens is 2. The number of amides is 5. The zero-order valence-corrected chi connectivity index (χ0v) is 19.3. The molecule has 4 rings (SSSR count). The maximum Gasteiger partial charge on any atom is 0.325 e. The summed E-state index contributed by atoms with van der Waals surface area (Å²) in [6.45, 7) is 0.417. The van der Waals surface area contributed by atoms with Crippen molar-refractivity contribution < 1.29 is 23.9 Å². The number of hydrogen-bond acceptors (Lipinski definition) is 7. The number of rotatable bonds is 7. The summed E-state index contributed by atoms with van der Waals surface area (Å²) in [4.78, 5) is 75.0. The largest absolute Gasteiger partial charge is 0.497 e. The number of H-pyrrole nitrogens is 2. The first-order valence-corrected chi connectivity index (χ1v) is 10.7. The molecule has 2 aromatic carbocycles. The molecular formula is C23H22N6O7. The molecule has 3 aromatic rings. The number of anilines is 1. The first-order chi connectivity index (χ1) is 17.1. The van der Waals surface area contributed by atoms with Crippen molar-refractivity contribution in [2.24, 2.45) is 0 Å². The summed E-state index contributed by atoms with van der Waals surface area (Å²) in [6.07, 6.45) is 0. The maximum atomic E-state index is 13.0. The third-order valence-electron chi connectivity index (χ3n) is 5.79. The quantitative estimate of drug-likeness (QED) is 0.281. The molecule has 0 radical (unpaired) electrons. The lowest BCUT2D eigenvalue weighted by molar-refractivity contribution is -0.135. The van der Waals surface area contributed by atoms with Crippen molar-refractivity contribution in [3.05, 3.63) is 68.7 Å². The number of imide groups is 1. The Morgan fingerprint density at radius 1 is 0.972 bits per heavy atom. The van der Waals surface area contributed by atoms with Gasteiger partial charge in [-0.05, 0) is 36.8 Å². The highest BCUT2D eigenvalue weighted by molar-refractivity contribution is 6.09. The number of nitrogens with zero attached hydrogens (tertiary/aromatic N) is 1. The lowest BCUT2D eigenvalue weighted by Crippen LogP contribution is -2.44. The van der Waals surface area contributed by atoms with E-state index in [2.05, 4.69) is 26.1 Å². The van der Waals surface area contributed by atoms with Crippen LogP contribution in [0, 0.1) is 0 Å². The van der Waals surface area contributed by atoms with Crippen LogP contribution < -0.4 is 31.8 Å². The van der Waals surface area contributed by atoms with Crippen molar-refractivity contribution in [3.8, 4) is 5.75 Å².